The van der Waals surface area contributed by atoms with Crippen molar-refractivity contribution in [2.45, 2.75) is 226 Å². The van der Waals surface area contributed by atoms with Crippen molar-refractivity contribution in [2.24, 2.45) is 0 Å². The van der Waals surface area contributed by atoms with E-state index >= 15 is 0 Å². The maximum absolute atomic E-state index is 12.7. The molecule has 0 aromatic rings. The number of hydrogen-bond acceptors (Lipinski definition) is 6. The maximum atomic E-state index is 12.7. The lowest BCUT2D eigenvalue weighted by Gasteiger charge is -2.18. The molecule has 0 spiro atoms. The minimum atomic E-state index is -0.802. The molecular formula is C52H88O6. The van der Waals surface area contributed by atoms with Crippen LogP contribution in [0, 0.1) is 0 Å². The number of hydrogen-bond donors (Lipinski definition) is 0. The number of rotatable bonds is 42. The van der Waals surface area contributed by atoms with Crippen molar-refractivity contribution in [1.29, 1.82) is 0 Å². The van der Waals surface area contributed by atoms with Crippen LogP contribution in [-0.2, 0) is 28.6 Å². The molecule has 0 radical (unpaired) electrons. The zero-order valence-electron chi connectivity index (χ0n) is 37.8. The Labute approximate surface area is 357 Å². The Morgan fingerprint density at radius 2 is 0.655 bits per heavy atom. The molecule has 0 fully saturated rings. The molecule has 0 aliphatic carbocycles. The number of unbranched alkanes of at least 4 members (excludes halogenated alkanes) is 19. The molecule has 0 aliphatic rings. The summed E-state index contributed by atoms with van der Waals surface area (Å²) in [7, 11) is 0. The predicted molar refractivity (Wildman–Crippen MR) is 247 cm³/mol. The highest BCUT2D eigenvalue weighted by Crippen LogP contribution is 2.12. The molecule has 0 aromatic carbocycles. The molecule has 6 nitrogen and oxygen atoms in total. The van der Waals surface area contributed by atoms with Gasteiger partial charge in [0.25, 0.3) is 0 Å². The minimum absolute atomic E-state index is 0.101. The lowest BCUT2D eigenvalue weighted by molar-refractivity contribution is -0.167. The summed E-state index contributed by atoms with van der Waals surface area (Å²) in [6.07, 6.45) is 57.4. The fraction of sp³-hybridized carbons (Fsp3) is 0.712. The third-order valence-corrected chi connectivity index (χ3v) is 9.90. The van der Waals surface area contributed by atoms with Crippen molar-refractivity contribution in [3.05, 3.63) is 72.9 Å². The summed E-state index contributed by atoms with van der Waals surface area (Å²) in [4.78, 5) is 37.8. The van der Waals surface area contributed by atoms with Crippen LogP contribution in [0.4, 0.5) is 0 Å². The van der Waals surface area contributed by atoms with Gasteiger partial charge in [0.15, 0.2) is 6.10 Å². The fourth-order valence-electron chi connectivity index (χ4n) is 6.23. The zero-order valence-corrected chi connectivity index (χ0v) is 37.8. The number of ether oxygens (including phenoxy) is 3. The monoisotopic (exact) mass is 809 g/mol. The van der Waals surface area contributed by atoms with Crippen molar-refractivity contribution in [3.63, 3.8) is 0 Å². The van der Waals surface area contributed by atoms with Crippen molar-refractivity contribution < 1.29 is 28.6 Å². The Morgan fingerprint density at radius 3 is 1.10 bits per heavy atom. The normalized spacial score (nSPS) is 12.7. The lowest BCUT2D eigenvalue weighted by atomic mass is 10.1. The summed E-state index contributed by atoms with van der Waals surface area (Å²) in [6.45, 7) is 6.47. The molecule has 0 bridgehead atoms. The molecule has 0 N–H and O–H groups in total. The van der Waals surface area contributed by atoms with E-state index in [-0.39, 0.29) is 37.5 Å². The van der Waals surface area contributed by atoms with Gasteiger partial charge in [-0.25, -0.2) is 0 Å². The second kappa shape index (κ2) is 46.5. The van der Waals surface area contributed by atoms with Gasteiger partial charge in [-0.3, -0.25) is 14.4 Å². The average molecular weight is 809 g/mol. The molecule has 0 aliphatic heterocycles. The van der Waals surface area contributed by atoms with E-state index in [2.05, 4.69) is 93.7 Å². The second-order valence-electron chi connectivity index (χ2n) is 15.7. The van der Waals surface area contributed by atoms with Crippen molar-refractivity contribution in [1.82, 2.24) is 0 Å². The summed E-state index contributed by atoms with van der Waals surface area (Å²) >= 11 is 0. The second-order valence-corrected chi connectivity index (χ2v) is 15.7. The maximum Gasteiger partial charge on any atom is 0.306 e. The third-order valence-electron chi connectivity index (χ3n) is 9.90. The van der Waals surface area contributed by atoms with Crippen molar-refractivity contribution >= 4 is 17.9 Å². The van der Waals surface area contributed by atoms with E-state index < -0.39 is 6.10 Å². The molecule has 58 heavy (non-hydrogen) atoms. The standard InChI is InChI=1S/C52H88O6/c1-4-7-10-13-16-19-22-24-25-26-27-28-31-33-36-39-42-45-51(54)57-48-49(47-56-50(53)44-41-38-35-32-29-21-18-15-12-9-6-3)58-52(55)46-43-40-37-34-30-23-20-17-14-11-8-5-2/h15-20,24-25,27-28,33,36,49H,4-14,21-23,26,29-32,34-35,37-48H2,1-3H3/b18-15-,19-16-,20-17-,25-24-,28-27-,36-33-/t49-/m1/s1. The first-order valence-electron chi connectivity index (χ1n) is 23.9. The fourth-order valence-corrected chi connectivity index (χ4v) is 6.23. The van der Waals surface area contributed by atoms with Crippen LogP contribution in [0.2, 0.25) is 0 Å². The summed E-state index contributed by atoms with van der Waals surface area (Å²) in [6, 6.07) is 0. The Balaban J connectivity index is 4.48. The third kappa shape index (κ3) is 44.0. The molecular weight excluding hydrogens is 721 g/mol. The SMILES string of the molecule is CCCC/C=C\CCCCCCCC(=O)OC[C@H](COC(=O)CCC/C=C\C/C=C\C/C=C\C/C=C\CCCCC)OC(=O)CCCCCCC/C=C\CCCCC. The van der Waals surface area contributed by atoms with Crippen LogP contribution in [0.5, 0.6) is 0 Å². The van der Waals surface area contributed by atoms with E-state index in [0.29, 0.717) is 19.3 Å². The van der Waals surface area contributed by atoms with E-state index in [1.165, 1.54) is 83.5 Å². The first-order valence-corrected chi connectivity index (χ1v) is 23.9. The Morgan fingerprint density at radius 1 is 0.345 bits per heavy atom. The molecule has 0 rings (SSSR count). The summed E-state index contributed by atoms with van der Waals surface area (Å²) < 4.78 is 16.7. The van der Waals surface area contributed by atoms with Crippen LogP contribution in [0.1, 0.15) is 220 Å². The van der Waals surface area contributed by atoms with Crippen molar-refractivity contribution in [2.75, 3.05) is 13.2 Å². The van der Waals surface area contributed by atoms with Gasteiger partial charge in [-0.15, -0.1) is 0 Å². The van der Waals surface area contributed by atoms with E-state index in [1.54, 1.807) is 0 Å². The number of carbonyl (C=O) groups excluding carboxylic acids is 3. The highest BCUT2D eigenvalue weighted by atomic mass is 16.6. The number of allylic oxidation sites excluding steroid dienone is 12. The Hall–Kier alpha value is -3.15. The van der Waals surface area contributed by atoms with Gasteiger partial charge in [-0.1, -0.05) is 171 Å². The first-order chi connectivity index (χ1) is 28.5. The molecule has 6 heteroatoms. The topological polar surface area (TPSA) is 78.9 Å². The smallest absolute Gasteiger partial charge is 0.306 e. The van der Waals surface area contributed by atoms with Crippen LogP contribution in [0.3, 0.4) is 0 Å². The zero-order chi connectivity index (χ0) is 42.3. The minimum Gasteiger partial charge on any atom is -0.462 e. The van der Waals surface area contributed by atoms with E-state index in [9.17, 15) is 14.4 Å². The van der Waals surface area contributed by atoms with Crippen LogP contribution >= 0.6 is 0 Å². The van der Waals surface area contributed by atoms with Gasteiger partial charge in [0.05, 0.1) is 0 Å². The van der Waals surface area contributed by atoms with E-state index in [0.717, 1.165) is 89.9 Å². The summed E-state index contributed by atoms with van der Waals surface area (Å²) in [5, 5.41) is 0. The van der Waals surface area contributed by atoms with Crippen LogP contribution in [0.15, 0.2) is 72.9 Å². The van der Waals surface area contributed by atoms with E-state index in [1.807, 2.05) is 0 Å². The van der Waals surface area contributed by atoms with Gasteiger partial charge >= 0.3 is 17.9 Å². The molecule has 0 saturated carbocycles. The molecule has 0 heterocycles. The number of carbonyl (C=O) groups is 3. The Bertz CT molecular complexity index is 1110. The van der Waals surface area contributed by atoms with Gasteiger partial charge < -0.3 is 14.2 Å². The van der Waals surface area contributed by atoms with Gasteiger partial charge in [0, 0.05) is 19.3 Å². The van der Waals surface area contributed by atoms with Gasteiger partial charge in [-0.2, -0.15) is 0 Å². The highest BCUT2D eigenvalue weighted by Gasteiger charge is 2.19. The Kier molecular flexibility index (Phi) is 44.0. The molecule has 0 aromatic heterocycles. The lowest BCUT2D eigenvalue weighted by Crippen LogP contribution is -2.30. The highest BCUT2D eigenvalue weighted by molar-refractivity contribution is 5.71. The molecule has 332 valence electrons. The van der Waals surface area contributed by atoms with E-state index in [4.69, 9.17) is 14.2 Å². The van der Waals surface area contributed by atoms with Crippen LogP contribution in [-0.4, -0.2) is 37.2 Å². The summed E-state index contributed by atoms with van der Waals surface area (Å²) in [5.74, 6) is -0.982. The van der Waals surface area contributed by atoms with Crippen LogP contribution < -0.4 is 0 Å². The molecule has 1 atom stereocenters. The first kappa shape index (κ1) is 54.9. The van der Waals surface area contributed by atoms with Crippen molar-refractivity contribution in [3.8, 4) is 0 Å². The number of esters is 3. The van der Waals surface area contributed by atoms with Crippen LogP contribution in [0.25, 0.3) is 0 Å². The van der Waals surface area contributed by atoms with Gasteiger partial charge in [-0.05, 0) is 103 Å². The summed E-state index contributed by atoms with van der Waals surface area (Å²) in [5.41, 5.74) is 0. The predicted octanol–water partition coefficient (Wildman–Crippen LogP) is 15.5. The van der Waals surface area contributed by atoms with Gasteiger partial charge in [0.2, 0.25) is 0 Å². The molecule has 0 amide bonds. The molecule has 0 saturated heterocycles. The molecule has 0 unspecified atom stereocenters. The van der Waals surface area contributed by atoms with Gasteiger partial charge in [0.1, 0.15) is 13.2 Å². The quantitative estimate of drug-likeness (QED) is 0.0264. The average Bonchev–Trinajstić information content (AvgIpc) is 3.22. The largest absolute Gasteiger partial charge is 0.462 e.